The summed E-state index contributed by atoms with van der Waals surface area (Å²) in [5.41, 5.74) is 28.4. The summed E-state index contributed by atoms with van der Waals surface area (Å²) in [6.45, 7) is 20.3. The number of hydrogen-bond acceptors (Lipinski definition) is 18. The summed E-state index contributed by atoms with van der Waals surface area (Å²) in [6, 6.07) is 87.0. The molecule has 24 nitrogen and oxygen atoms in total. The molecule has 3 amide bonds. The molecule has 15 aromatic carbocycles. The Balaban J connectivity index is 0.000000118. The molecule has 0 spiro atoms. The summed E-state index contributed by atoms with van der Waals surface area (Å²) in [7, 11) is -12.8. The number of halogens is 3. The highest BCUT2D eigenvalue weighted by Gasteiger charge is 2.39. The topological polar surface area (TPSA) is 334 Å². The molecule has 135 heavy (non-hydrogen) atoms. The monoisotopic (exact) mass is 2060 g/mol. The molecule has 0 fully saturated rings. The number of rotatable bonds is 0. The van der Waals surface area contributed by atoms with Crippen LogP contribution in [0.4, 0.5) is 14.4 Å². The van der Waals surface area contributed by atoms with E-state index in [9.17, 15) is 42.8 Å². The standard InChI is InChI=1S/3C20H13O4P.3C15H21BrN2O2/c3*21-25(22)23-17-11-9-13-5-1-3-7-15(13)19(17)20-16-8-4-2-6-14(16)10-12-18(20)24-25;3*1-15(2,3)20-14(19)18-7-6-13(17)12-5-4-11(16)8-10(12)9-18/h3*1-12H,(H,21,22);3*4-5,8,13H,6-7,9,17H2,1-3H3/t;;;13-;;/m...1../s1. The number of nitrogens with two attached hydrogens (primary N) is 3. The lowest BCUT2D eigenvalue weighted by Gasteiger charge is -2.26. The maximum absolute atomic E-state index is 12.4. The highest BCUT2D eigenvalue weighted by Crippen LogP contribution is 2.60. The number of fused-ring (bicyclic) bond motifs is 24. The van der Waals surface area contributed by atoms with Gasteiger partial charge in [-0.1, -0.05) is 248 Å². The van der Waals surface area contributed by atoms with E-state index in [2.05, 4.69) is 47.8 Å². The Morgan fingerprint density at radius 3 is 0.674 bits per heavy atom. The first-order valence-electron chi connectivity index (χ1n) is 44.0. The number of carbonyl (C=O) groups is 3. The lowest BCUT2D eigenvalue weighted by Crippen LogP contribution is -2.36. The summed E-state index contributed by atoms with van der Waals surface area (Å²) >= 11 is 10.4. The molecule has 0 aromatic heterocycles. The van der Waals surface area contributed by atoms with Gasteiger partial charge in [0.25, 0.3) is 0 Å². The maximum atomic E-state index is 12.4. The van der Waals surface area contributed by atoms with E-state index in [1.165, 1.54) is 0 Å². The molecule has 0 radical (unpaired) electrons. The number of phosphoric acid groups is 3. The molecule has 6 heterocycles. The summed E-state index contributed by atoms with van der Waals surface area (Å²) in [5, 5.41) is 11.8. The Hall–Kier alpha value is -11.6. The lowest BCUT2D eigenvalue weighted by atomic mass is 9.92. The van der Waals surface area contributed by atoms with Crippen molar-refractivity contribution < 1.29 is 84.1 Å². The molecule has 9 N–H and O–H groups in total. The van der Waals surface area contributed by atoms with Gasteiger partial charge in [0.2, 0.25) is 0 Å². The van der Waals surface area contributed by atoms with Crippen LogP contribution in [0.3, 0.4) is 0 Å². The molecule has 3 atom stereocenters. The fraction of sp³-hybridized carbons (Fsp3) is 0.229. The van der Waals surface area contributed by atoms with Crippen molar-refractivity contribution in [1.82, 2.24) is 14.7 Å². The third kappa shape index (κ3) is 22.7. The highest BCUT2D eigenvalue weighted by molar-refractivity contribution is 9.11. The minimum absolute atomic E-state index is 0.0365. The number of phosphoric ester groups is 3. The van der Waals surface area contributed by atoms with E-state index < -0.39 is 40.3 Å². The highest BCUT2D eigenvalue weighted by atomic mass is 79.9. The van der Waals surface area contributed by atoms with Gasteiger partial charge < -0.3 is 73.3 Å². The summed E-state index contributed by atoms with van der Waals surface area (Å²) in [6.07, 6.45) is 1.39. The van der Waals surface area contributed by atoms with E-state index in [4.69, 9.17) is 58.6 Å². The van der Waals surface area contributed by atoms with Gasteiger partial charge in [0.05, 0.1) is 0 Å². The third-order valence-electron chi connectivity index (χ3n) is 23.1. The fourth-order valence-electron chi connectivity index (χ4n) is 17.2. The van der Waals surface area contributed by atoms with Crippen LogP contribution in [0.1, 0.15) is 133 Å². The molecule has 30 heteroatoms. The first-order chi connectivity index (χ1) is 64.1. The van der Waals surface area contributed by atoms with E-state index in [-0.39, 0.29) is 36.4 Å². The SMILES string of the molecule is CC(C)(C)OC(=O)N1CCC(N)c2ccc(Br)cc2C1.CC(C)(C)OC(=O)N1CCC(N)c2ccc(Br)cc2C1.CC(C)(C)OC(=O)N1CC[C@@H](N)c2ccc(Br)cc2C1.O=P1(O)Oc2ccc3ccccc3c2-c2c(ccc3ccccc23)O1.O=P1(O)Oc2ccc3ccccc3c2-c2c(ccc3ccccc23)O1.O=P1(O)Oc2ccc3ccccc3c2-c2c(ccc3ccccc23)O1. The molecule has 0 bridgehead atoms. The van der Waals surface area contributed by atoms with Crippen molar-refractivity contribution in [3.63, 3.8) is 0 Å². The van der Waals surface area contributed by atoms with Gasteiger partial charge in [0.15, 0.2) is 0 Å². The van der Waals surface area contributed by atoms with Crippen LogP contribution in [0, 0.1) is 0 Å². The van der Waals surface area contributed by atoms with E-state index in [1.54, 1.807) is 51.1 Å². The average molecular weight is 2070 g/mol. The largest absolute Gasteiger partial charge is 0.584 e. The van der Waals surface area contributed by atoms with Crippen LogP contribution in [-0.2, 0) is 47.5 Å². The Morgan fingerprint density at radius 2 is 0.489 bits per heavy atom. The molecule has 6 aliphatic rings. The molecule has 0 saturated heterocycles. The van der Waals surface area contributed by atoms with Crippen molar-refractivity contribution in [3.05, 3.63) is 320 Å². The minimum atomic E-state index is -4.25. The van der Waals surface area contributed by atoms with Crippen LogP contribution in [0.15, 0.2) is 286 Å². The van der Waals surface area contributed by atoms with Crippen molar-refractivity contribution in [2.45, 2.75) is 136 Å². The minimum Gasteiger partial charge on any atom is -0.444 e. The number of hydrogen-bond donors (Lipinski definition) is 6. The van der Waals surface area contributed by atoms with Crippen molar-refractivity contribution in [2.24, 2.45) is 17.2 Å². The van der Waals surface area contributed by atoms with Gasteiger partial charge in [-0.05, 0) is 252 Å². The molecule has 15 aromatic rings. The van der Waals surface area contributed by atoms with Crippen molar-refractivity contribution >= 4 is 154 Å². The van der Waals surface area contributed by atoms with Crippen molar-refractivity contribution in [1.29, 1.82) is 0 Å². The average Bonchev–Trinajstić information content (AvgIpc) is 1.65. The number of amides is 3. The predicted octanol–water partition coefficient (Wildman–Crippen LogP) is 27.4. The zero-order valence-electron chi connectivity index (χ0n) is 75.6. The van der Waals surface area contributed by atoms with E-state index in [0.717, 1.165) is 164 Å². The van der Waals surface area contributed by atoms with Gasteiger partial charge in [0.1, 0.15) is 51.3 Å². The van der Waals surface area contributed by atoms with E-state index in [0.29, 0.717) is 73.8 Å². The van der Waals surface area contributed by atoms with Crippen LogP contribution in [0.25, 0.3) is 98.0 Å². The van der Waals surface area contributed by atoms with Crippen LogP contribution in [-0.4, -0.2) is 84.1 Å². The van der Waals surface area contributed by atoms with Gasteiger partial charge in [0, 0.05) is 104 Å². The maximum Gasteiger partial charge on any atom is 0.584 e. The zero-order chi connectivity index (χ0) is 95.8. The lowest BCUT2D eigenvalue weighted by molar-refractivity contribution is 0.0224. The molecule has 0 saturated carbocycles. The van der Waals surface area contributed by atoms with Crippen molar-refractivity contribution in [3.8, 4) is 67.9 Å². The number of benzene rings is 15. The molecule has 0 aliphatic carbocycles. The number of carbonyl (C=O) groups excluding carboxylic acids is 3. The first-order valence-corrected chi connectivity index (χ1v) is 50.8. The smallest absolute Gasteiger partial charge is 0.444 e. The quantitative estimate of drug-likeness (QED) is 0.0607. The summed E-state index contributed by atoms with van der Waals surface area (Å²) in [4.78, 5) is 72.1. The molecule has 696 valence electrons. The molecule has 6 aliphatic heterocycles. The second kappa shape index (κ2) is 39.6. The van der Waals surface area contributed by atoms with Gasteiger partial charge in [-0.2, -0.15) is 0 Å². The van der Waals surface area contributed by atoms with Gasteiger partial charge in [-0.3, -0.25) is 14.7 Å². The summed E-state index contributed by atoms with van der Waals surface area (Å²) in [5.74, 6) is 2.08. The van der Waals surface area contributed by atoms with Crippen LogP contribution >= 0.6 is 71.3 Å². The first kappa shape index (κ1) is 96.5. The normalized spacial score (nSPS) is 16.8. The van der Waals surface area contributed by atoms with Crippen molar-refractivity contribution in [2.75, 3.05) is 19.6 Å². The zero-order valence-corrected chi connectivity index (χ0v) is 83.0. The molecular formula is C105H102Br3N6O18P3. The number of nitrogens with zero attached hydrogens (tertiary/aromatic N) is 3. The third-order valence-corrected chi connectivity index (χ3v) is 27.1. The Morgan fingerprint density at radius 1 is 0.304 bits per heavy atom. The van der Waals surface area contributed by atoms with Crippen LogP contribution in [0.2, 0.25) is 0 Å². The summed E-state index contributed by atoms with van der Waals surface area (Å²) < 4.78 is 88.7. The van der Waals surface area contributed by atoms with Gasteiger partial charge in [-0.15, -0.1) is 0 Å². The number of ether oxygens (including phenoxy) is 3. The molecule has 2 unspecified atom stereocenters. The fourth-order valence-corrected chi connectivity index (χ4v) is 20.9. The van der Waals surface area contributed by atoms with E-state index >= 15 is 0 Å². The second-order valence-electron chi connectivity index (χ2n) is 36.3. The van der Waals surface area contributed by atoms with Gasteiger partial charge in [-0.25, -0.2) is 28.1 Å². The molecule has 21 rings (SSSR count). The van der Waals surface area contributed by atoms with Crippen LogP contribution < -0.4 is 44.3 Å². The predicted molar refractivity (Wildman–Crippen MR) is 541 cm³/mol. The van der Waals surface area contributed by atoms with Gasteiger partial charge >= 0.3 is 41.7 Å². The van der Waals surface area contributed by atoms with Crippen LogP contribution in [0.5, 0.6) is 34.5 Å². The second-order valence-corrected chi connectivity index (χ2v) is 43.0. The Bertz CT molecular complexity index is 6320. The Labute approximate surface area is 807 Å². The Kier molecular flexibility index (Phi) is 28.3. The van der Waals surface area contributed by atoms with E-state index in [1.807, 2.05) is 299 Å². The molecular weight excluding hydrogens is 1970 g/mol.